The molecule has 0 amide bonds. The molecule has 0 aromatic heterocycles. The van der Waals surface area contributed by atoms with Gasteiger partial charge in [-0.3, -0.25) is 0 Å². The number of hydrogen-bond acceptors (Lipinski definition) is 4. The molecule has 4 heteroatoms. The zero-order valence-electron chi connectivity index (χ0n) is 12.9. The predicted octanol–water partition coefficient (Wildman–Crippen LogP) is 3.14. The van der Waals surface area contributed by atoms with Crippen LogP contribution in [0.25, 0.3) is 6.08 Å². The highest BCUT2D eigenvalue weighted by Gasteiger charge is 2.12. The molecule has 1 atom stereocenters. The van der Waals surface area contributed by atoms with Crippen LogP contribution in [0.2, 0.25) is 0 Å². The van der Waals surface area contributed by atoms with Crippen LogP contribution in [0.1, 0.15) is 23.6 Å². The topological polar surface area (TPSA) is 50.7 Å². The summed E-state index contributed by atoms with van der Waals surface area (Å²) in [6.07, 6.45) is 5.07. The highest BCUT2D eigenvalue weighted by atomic mass is 16.7. The Hall–Kier alpha value is -2.30. The Morgan fingerprint density at radius 3 is 2.74 bits per heavy atom. The summed E-state index contributed by atoms with van der Waals surface area (Å²) in [6, 6.07) is 15.9. The largest absolute Gasteiger partial charge is 0.454 e. The Morgan fingerprint density at radius 1 is 1.09 bits per heavy atom. The van der Waals surface area contributed by atoms with Crippen LogP contribution in [0.5, 0.6) is 11.5 Å². The maximum atomic E-state index is 9.50. The SMILES string of the molecule is OC[C@H](NCCC=Cc1ccc2c(c1)OCO2)c1ccccc1. The van der Waals surface area contributed by atoms with Crippen molar-refractivity contribution < 1.29 is 14.6 Å². The molecule has 0 unspecified atom stereocenters. The van der Waals surface area contributed by atoms with E-state index in [2.05, 4.69) is 17.5 Å². The normalized spacial score (nSPS) is 14.3. The number of aliphatic hydroxyl groups excluding tert-OH is 1. The standard InChI is InChI=1S/C19H21NO3/c21-13-17(16-7-2-1-3-8-16)20-11-5-4-6-15-9-10-18-19(12-15)23-14-22-18/h1-4,6-10,12,17,20-21H,5,11,13-14H2/t17-/m0/s1. The monoisotopic (exact) mass is 311 g/mol. The van der Waals surface area contributed by atoms with E-state index in [0.29, 0.717) is 6.79 Å². The van der Waals surface area contributed by atoms with Crippen molar-refractivity contribution in [3.63, 3.8) is 0 Å². The lowest BCUT2D eigenvalue weighted by atomic mass is 10.1. The van der Waals surface area contributed by atoms with Crippen molar-refractivity contribution in [1.82, 2.24) is 5.32 Å². The van der Waals surface area contributed by atoms with Crippen LogP contribution in [0, 0.1) is 0 Å². The first-order valence-corrected chi connectivity index (χ1v) is 7.82. The molecule has 23 heavy (non-hydrogen) atoms. The number of aliphatic hydroxyl groups is 1. The highest BCUT2D eigenvalue weighted by Crippen LogP contribution is 2.32. The minimum absolute atomic E-state index is 0.0184. The molecule has 0 saturated heterocycles. The van der Waals surface area contributed by atoms with Gasteiger partial charge in [0.2, 0.25) is 6.79 Å². The molecule has 0 aliphatic carbocycles. The summed E-state index contributed by atoms with van der Waals surface area (Å²) in [5.74, 6) is 1.60. The van der Waals surface area contributed by atoms with Crippen molar-refractivity contribution in [1.29, 1.82) is 0 Å². The van der Waals surface area contributed by atoms with E-state index in [-0.39, 0.29) is 12.6 Å². The molecule has 0 fully saturated rings. The van der Waals surface area contributed by atoms with Gasteiger partial charge in [0.1, 0.15) is 0 Å². The van der Waals surface area contributed by atoms with E-state index in [1.807, 2.05) is 48.5 Å². The van der Waals surface area contributed by atoms with Crippen molar-refractivity contribution in [2.24, 2.45) is 0 Å². The van der Waals surface area contributed by atoms with Crippen molar-refractivity contribution in [2.45, 2.75) is 12.5 Å². The molecule has 2 aromatic carbocycles. The number of fused-ring (bicyclic) bond motifs is 1. The van der Waals surface area contributed by atoms with Crippen LogP contribution in [-0.4, -0.2) is 25.1 Å². The van der Waals surface area contributed by atoms with Gasteiger partial charge in [-0.2, -0.15) is 0 Å². The fourth-order valence-corrected chi connectivity index (χ4v) is 2.55. The van der Waals surface area contributed by atoms with Crippen LogP contribution < -0.4 is 14.8 Å². The number of hydrogen-bond donors (Lipinski definition) is 2. The second-order valence-electron chi connectivity index (χ2n) is 5.40. The first kappa shape index (κ1) is 15.6. The van der Waals surface area contributed by atoms with Gasteiger partial charge < -0.3 is 19.9 Å². The first-order valence-electron chi connectivity index (χ1n) is 7.82. The summed E-state index contributed by atoms with van der Waals surface area (Å²) in [6.45, 7) is 1.20. The molecular weight excluding hydrogens is 290 g/mol. The number of rotatable bonds is 7. The van der Waals surface area contributed by atoms with Crippen LogP contribution >= 0.6 is 0 Å². The molecule has 1 aliphatic heterocycles. The van der Waals surface area contributed by atoms with Crippen LogP contribution in [-0.2, 0) is 0 Å². The minimum atomic E-state index is -0.0184. The van der Waals surface area contributed by atoms with Crippen molar-refractivity contribution in [2.75, 3.05) is 19.9 Å². The van der Waals surface area contributed by atoms with Gasteiger partial charge in [-0.15, -0.1) is 0 Å². The molecule has 0 saturated carbocycles. The van der Waals surface area contributed by atoms with Gasteiger partial charge in [-0.1, -0.05) is 48.6 Å². The van der Waals surface area contributed by atoms with E-state index in [0.717, 1.165) is 35.6 Å². The Labute approximate surface area is 136 Å². The van der Waals surface area contributed by atoms with Gasteiger partial charge >= 0.3 is 0 Å². The molecule has 2 aromatic rings. The summed E-state index contributed by atoms with van der Waals surface area (Å²) in [4.78, 5) is 0. The van der Waals surface area contributed by atoms with Gasteiger partial charge in [-0.25, -0.2) is 0 Å². The average Bonchev–Trinajstić information content (AvgIpc) is 3.06. The van der Waals surface area contributed by atoms with E-state index < -0.39 is 0 Å². The van der Waals surface area contributed by atoms with Crippen LogP contribution in [0.4, 0.5) is 0 Å². The van der Waals surface area contributed by atoms with E-state index in [4.69, 9.17) is 9.47 Å². The third-order valence-electron chi connectivity index (χ3n) is 3.79. The zero-order chi connectivity index (χ0) is 15.9. The van der Waals surface area contributed by atoms with Gasteiger partial charge in [-0.05, 0) is 36.2 Å². The van der Waals surface area contributed by atoms with Gasteiger partial charge in [0.15, 0.2) is 11.5 Å². The summed E-state index contributed by atoms with van der Waals surface area (Å²) >= 11 is 0. The van der Waals surface area contributed by atoms with Gasteiger partial charge in [0.05, 0.1) is 12.6 Å². The Morgan fingerprint density at radius 2 is 1.91 bits per heavy atom. The molecule has 0 bridgehead atoms. The van der Waals surface area contributed by atoms with Gasteiger partial charge in [0.25, 0.3) is 0 Å². The van der Waals surface area contributed by atoms with E-state index in [1.165, 1.54) is 0 Å². The number of ether oxygens (including phenoxy) is 2. The lowest BCUT2D eigenvalue weighted by Gasteiger charge is -2.15. The summed E-state index contributed by atoms with van der Waals surface area (Å²) in [5.41, 5.74) is 2.20. The minimum Gasteiger partial charge on any atom is -0.454 e. The highest BCUT2D eigenvalue weighted by molar-refractivity contribution is 5.56. The van der Waals surface area contributed by atoms with Crippen molar-refractivity contribution >= 4 is 6.08 Å². The third kappa shape index (κ3) is 4.12. The van der Waals surface area contributed by atoms with Crippen molar-refractivity contribution in [3.8, 4) is 11.5 Å². The molecule has 3 rings (SSSR count). The van der Waals surface area contributed by atoms with E-state index in [9.17, 15) is 5.11 Å². The number of benzene rings is 2. The second kappa shape index (κ2) is 7.81. The Kier molecular flexibility index (Phi) is 5.29. The molecule has 120 valence electrons. The first-order chi connectivity index (χ1) is 11.4. The molecule has 0 spiro atoms. The van der Waals surface area contributed by atoms with Crippen LogP contribution in [0.3, 0.4) is 0 Å². The summed E-state index contributed by atoms with van der Waals surface area (Å²) < 4.78 is 10.7. The molecule has 1 aliphatic rings. The van der Waals surface area contributed by atoms with Gasteiger partial charge in [0, 0.05) is 0 Å². The quantitative estimate of drug-likeness (QED) is 0.771. The number of nitrogens with one attached hydrogen (secondary N) is 1. The Balaban J connectivity index is 1.47. The van der Waals surface area contributed by atoms with E-state index >= 15 is 0 Å². The second-order valence-corrected chi connectivity index (χ2v) is 5.40. The molecule has 2 N–H and O–H groups in total. The predicted molar refractivity (Wildman–Crippen MR) is 90.5 cm³/mol. The zero-order valence-corrected chi connectivity index (χ0v) is 12.9. The lowest BCUT2D eigenvalue weighted by Crippen LogP contribution is -2.25. The molecular formula is C19H21NO3. The molecule has 0 radical (unpaired) electrons. The fourth-order valence-electron chi connectivity index (χ4n) is 2.55. The lowest BCUT2D eigenvalue weighted by molar-refractivity contribution is 0.174. The smallest absolute Gasteiger partial charge is 0.231 e. The third-order valence-corrected chi connectivity index (χ3v) is 3.79. The summed E-state index contributed by atoms with van der Waals surface area (Å²) in [7, 11) is 0. The summed E-state index contributed by atoms with van der Waals surface area (Å²) in [5, 5.41) is 12.9. The average molecular weight is 311 g/mol. The molecule has 4 nitrogen and oxygen atoms in total. The maximum Gasteiger partial charge on any atom is 0.231 e. The molecule has 1 heterocycles. The van der Waals surface area contributed by atoms with Crippen molar-refractivity contribution in [3.05, 3.63) is 65.7 Å². The van der Waals surface area contributed by atoms with E-state index in [1.54, 1.807) is 0 Å². The Bertz CT molecular complexity index is 655. The maximum absolute atomic E-state index is 9.50. The fraction of sp³-hybridized carbons (Fsp3) is 0.263. The van der Waals surface area contributed by atoms with Crippen LogP contribution in [0.15, 0.2) is 54.6 Å².